The second kappa shape index (κ2) is 10.3. The Balaban J connectivity index is 2.71. The molecule has 0 aliphatic heterocycles. The summed E-state index contributed by atoms with van der Waals surface area (Å²) in [6.45, 7) is 5.19. The molecule has 2 amide bonds. The number of rotatable bonds is 9. The summed E-state index contributed by atoms with van der Waals surface area (Å²) in [5.41, 5.74) is 0.953. The molecule has 0 aromatic heterocycles. The molecule has 0 aliphatic carbocycles. The van der Waals surface area contributed by atoms with Gasteiger partial charge in [-0.1, -0.05) is 56.3 Å². The first-order chi connectivity index (χ1) is 11.8. The Labute approximate surface area is 148 Å². The molecule has 0 bridgehead atoms. The van der Waals surface area contributed by atoms with Gasteiger partial charge in [-0.05, 0) is 24.3 Å². The second-order valence-electron chi connectivity index (χ2n) is 6.33. The summed E-state index contributed by atoms with van der Waals surface area (Å²) in [5, 5.41) is 14.4. The molecule has 0 spiro atoms. The highest BCUT2D eigenvalue weighted by molar-refractivity contribution is 5.90. The SMILES string of the molecule is CC(=O)N[C@@H](CC(C)C)C(=O)N[C@@H](C/C=C/c1ccccc1)C(=O)O. The van der Waals surface area contributed by atoms with Crippen LogP contribution in [0.4, 0.5) is 0 Å². The van der Waals surface area contributed by atoms with Gasteiger partial charge in [0.05, 0.1) is 0 Å². The highest BCUT2D eigenvalue weighted by atomic mass is 16.4. The summed E-state index contributed by atoms with van der Waals surface area (Å²) in [6, 6.07) is 7.70. The van der Waals surface area contributed by atoms with Gasteiger partial charge in [0.15, 0.2) is 0 Å². The quantitative estimate of drug-likeness (QED) is 0.639. The van der Waals surface area contributed by atoms with Gasteiger partial charge in [0.25, 0.3) is 0 Å². The van der Waals surface area contributed by atoms with Crippen LogP contribution in [0.3, 0.4) is 0 Å². The minimum absolute atomic E-state index is 0.157. The number of nitrogens with one attached hydrogen (secondary N) is 2. The number of hydrogen-bond acceptors (Lipinski definition) is 3. The Morgan fingerprint density at radius 3 is 2.24 bits per heavy atom. The zero-order chi connectivity index (χ0) is 18.8. The average molecular weight is 346 g/mol. The van der Waals surface area contributed by atoms with Crippen LogP contribution in [0.5, 0.6) is 0 Å². The Morgan fingerprint density at radius 1 is 1.08 bits per heavy atom. The molecular weight excluding hydrogens is 320 g/mol. The molecule has 6 nitrogen and oxygen atoms in total. The molecule has 0 heterocycles. The minimum atomic E-state index is -1.11. The smallest absolute Gasteiger partial charge is 0.326 e. The number of carbonyl (C=O) groups excluding carboxylic acids is 2. The lowest BCUT2D eigenvalue weighted by molar-refractivity contribution is -0.142. The zero-order valence-electron chi connectivity index (χ0n) is 14.9. The lowest BCUT2D eigenvalue weighted by Gasteiger charge is -2.21. The Morgan fingerprint density at radius 2 is 1.72 bits per heavy atom. The monoisotopic (exact) mass is 346 g/mol. The van der Waals surface area contributed by atoms with Gasteiger partial charge in [0.1, 0.15) is 12.1 Å². The third kappa shape index (κ3) is 8.15. The van der Waals surface area contributed by atoms with Crippen LogP contribution in [0, 0.1) is 5.92 Å². The van der Waals surface area contributed by atoms with Crippen molar-refractivity contribution in [3.8, 4) is 0 Å². The number of benzene rings is 1. The molecule has 0 aliphatic rings. The fourth-order valence-corrected chi connectivity index (χ4v) is 2.35. The van der Waals surface area contributed by atoms with Gasteiger partial charge in [-0.2, -0.15) is 0 Å². The number of carbonyl (C=O) groups is 3. The van der Waals surface area contributed by atoms with Gasteiger partial charge in [-0.15, -0.1) is 0 Å². The van der Waals surface area contributed by atoms with Crippen molar-refractivity contribution in [1.82, 2.24) is 10.6 Å². The van der Waals surface area contributed by atoms with Crippen molar-refractivity contribution >= 4 is 23.9 Å². The highest BCUT2D eigenvalue weighted by Crippen LogP contribution is 2.07. The van der Waals surface area contributed by atoms with Crippen molar-refractivity contribution in [3.05, 3.63) is 42.0 Å². The number of amides is 2. The third-order valence-corrected chi connectivity index (χ3v) is 3.50. The Bertz CT molecular complexity index is 611. The molecular formula is C19H26N2O4. The first-order valence-corrected chi connectivity index (χ1v) is 8.31. The van der Waals surface area contributed by atoms with E-state index in [1.807, 2.05) is 50.3 Å². The predicted octanol–water partition coefficient (Wildman–Crippen LogP) is 2.21. The van der Waals surface area contributed by atoms with E-state index in [4.69, 9.17) is 0 Å². The molecule has 6 heteroatoms. The standard InChI is InChI=1S/C19H26N2O4/c1-13(2)12-17(20-14(3)22)18(23)21-16(19(24)25)11-7-10-15-8-5-4-6-9-15/h4-10,13,16-17H,11-12H2,1-3H3,(H,20,22)(H,21,23)(H,24,25)/b10-7+/t16-,17-/m0/s1. The van der Waals surface area contributed by atoms with Crippen LogP contribution in [0.2, 0.25) is 0 Å². The molecule has 1 rings (SSSR count). The first-order valence-electron chi connectivity index (χ1n) is 8.31. The molecule has 3 N–H and O–H groups in total. The molecule has 0 radical (unpaired) electrons. The van der Waals surface area contributed by atoms with E-state index in [1.54, 1.807) is 6.08 Å². The van der Waals surface area contributed by atoms with Crippen LogP contribution in [0.1, 0.15) is 39.2 Å². The van der Waals surface area contributed by atoms with Crippen LogP contribution in [0.25, 0.3) is 6.08 Å². The molecule has 25 heavy (non-hydrogen) atoms. The van der Waals surface area contributed by atoms with Crippen LogP contribution >= 0.6 is 0 Å². The maximum absolute atomic E-state index is 12.3. The zero-order valence-corrected chi connectivity index (χ0v) is 14.9. The second-order valence-corrected chi connectivity index (χ2v) is 6.33. The fourth-order valence-electron chi connectivity index (χ4n) is 2.35. The van der Waals surface area contributed by atoms with E-state index in [9.17, 15) is 19.5 Å². The maximum atomic E-state index is 12.3. The summed E-state index contributed by atoms with van der Waals surface area (Å²) >= 11 is 0. The van der Waals surface area contributed by atoms with E-state index in [1.165, 1.54) is 6.92 Å². The van der Waals surface area contributed by atoms with E-state index in [0.717, 1.165) is 5.56 Å². The van der Waals surface area contributed by atoms with E-state index < -0.39 is 24.0 Å². The van der Waals surface area contributed by atoms with Gasteiger partial charge >= 0.3 is 5.97 Å². The molecule has 0 fully saturated rings. The van der Waals surface area contributed by atoms with Gasteiger partial charge in [0.2, 0.25) is 11.8 Å². The average Bonchev–Trinajstić information content (AvgIpc) is 2.53. The highest BCUT2D eigenvalue weighted by Gasteiger charge is 2.25. The molecule has 1 aromatic carbocycles. The van der Waals surface area contributed by atoms with Crippen molar-refractivity contribution in [3.63, 3.8) is 0 Å². The number of carboxylic acids is 1. The summed E-state index contributed by atoms with van der Waals surface area (Å²) in [5.74, 6) is -1.73. The normalized spacial score (nSPS) is 13.4. The molecule has 0 unspecified atom stereocenters. The van der Waals surface area contributed by atoms with Gasteiger partial charge in [-0.25, -0.2) is 4.79 Å². The van der Waals surface area contributed by atoms with E-state index in [2.05, 4.69) is 10.6 Å². The summed E-state index contributed by atoms with van der Waals surface area (Å²) in [7, 11) is 0. The van der Waals surface area contributed by atoms with E-state index in [0.29, 0.717) is 6.42 Å². The van der Waals surface area contributed by atoms with Crippen molar-refractivity contribution in [2.45, 2.75) is 45.7 Å². The summed E-state index contributed by atoms with van der Waals surface area (Å²) in [4.78, 5) is 35.0. The first kappa shape index (κ1) is 20.4. The summed E-state index contributed by atoms with van der Waals surface area (Å²) < 4.78 is 0. The van der Waals surface area contributed by atoms with E-state index >= 15 is 0 Å². The number of carboxylic acid groups (broad SMARTS) is 1. The van der Waals surface area contributed by atoms with Crippen molar-refractivity contribution in [1.29, 1.82) is 0 Å². The van der Waals surface area contributed by atoms with E-state index in [-0.39, 0.29) is 18.2 Å². The molecule has 1 aromatic rings. The minimum Gasteiger partial charge on any atom is -0.480 e. The van der Waals surface area contributed by atoms with Crippen molar-refractivity contribution in [2.75, 3.05) is 0 Å². The van der Waals surface area contributed by atoms with Gasteiger partial charge in [0, 0.05) is 6.92 Å². The van der Waals surface area contributed by atoms with Crippen LogP contribution < -0.4 is 10.6 Å². The maximum Gasteiger partial charge on any atom is 0.326 e. The number of aliphatic carboxylic acids is 1. The lowest BCUT2D eigenvalue weighted by atomic mass is 10.0. The Kier molecular flexibility index (Phi) is 8.39. The number of hydrogen-bond donors (Lipinski definition) is 3. The molecule has 0 saturated carbocycles. The molecule has 136 valence electrons. The third-order valence-electron chi connectivity index (χ3n) is 3.50. The van der Waals surface area contributed by atoms with Crippen molar-refractivity contribution in [2.24, 2.45) is 5.92 Å². The van der Waals surface area contributed by atoms with Crippen LogP contribution in [0.15, 0.2) is 36.4 Å². The van der Waals surface area contributed by atoms with Crippen LogP contribution in [-0.4, -0.2) is 35.0 Å². The van der Waals surface area contributed by atoms with Gasteiger partial charge < -0.3 is 15.7 Å². The summed E-state index contributed by atoms with van der Waals surface area (Å²) in [6.07, 6.45) is 4.12. The lowest BCUT2D eigenvalue weighted by Crippen LogP contribution is -2.51. The topological polar surface area (TPSA) is 95.5 Å². The fraction of sp³-hybridized carbons (Fsp3) is 0.421. The Hall–Kier alpha value is -2.63. The molecule has 0 saturated heterocycles. The van der Waals surface area contributed by atoms with Crippen LogP contribution in [-0.2, 0) is 14.4 Å². The predicted molar refractivity (Wildman–Crippen MR) is 96.7 cm³/mol. The molecule has 2 atom stereocenters. The van der Waals surface area contributed by atoms with Gasteiger partial charge in [-0.3, -0.25) is 9.59 Å². The largest absolute Gasteiger partial charge is 0.480 e. The van der Waals surface area contributed by atoms with Crippen molar-refractivity contribution < 1.29 is 19.5 Å².